The molecule has 3 N–H and O–H groups in total. The maximum atomic E-state index is 12.8. The van der Waals surface area contributed by atoms with Crippen molar-refractivity contribution in [1.82, 2.24) is 24.4 Å². The van der Waals surface area contributed by atoms with Gasteiger partial charge in [-0.05, 0) is 68.5 Å². The molecule has 4 heterocycles. The van der Waals surface area contributed by atoms with E-state index < -0.39 is 0 Å². The second kappa shape index (κ2) is 9.74. The number of rotatable bonds is 4. The first-order chi connectivity index (χ1) is 17.9. The van der Waals surface area contributed by atoms with E-state index in [0.29, 0.717) is 30.3 Å². The Bertz CT molecular complexity index is 1580. The summed E-state index contributed by atoms with van der Waals surface area (Å²) in [5.41, 5.74) is 11.4. The van der Waals surface area contributed by atoms with Crippen molar-refractivity contribution in [2.45, 2.75) is 33.2 Å². The third-order valence-corrected chi connectivity index (χ3v) is 6.70. The summed E-state index contributed by atoms with van der Waals surface area (Å²) >= 11 is 0. The van der Waals surface area contributed by atoms with Gasteiger partial charge in [0.25, 0.3) is 11.8 Å². The molecule has 0 radical (unpaired) electrons. The number of likely N-dealkylation sites (tertiary alicyclic amines) is 1. The predicted octanol–water partition coefficient (Wildman–Crippen LogP) is 3.74. The van der Waals surface area contributed by atoms with Crippen LogP contribution in [0.4, 0.5) is 11.6 Å². The third kappa shape index (κ3) is 4.49. The standard InChI is InChI=1S/C28H27N7O2/c1-4-5-23(36)34-13-11-21(15-34)35-18(3)24(25-26(29)31-16-32-27(25)35)19-6-8-20(9-7-19)28(37)33-22-14-17(2)10-12-30-22/h6-10,12,14,16,21H,11,13,15H2,1-3H3,(H2,29,31,32)(H,30,33,37)/t21-/m1/s1. The number of carbonyl (C=O) groups is 2. The Labute approximate surface area is 214 Å². The number of nitrogens with one attached hydrogen (secondary N) is 1. The molecule has 186 valence electrons. The monoisotopic (exact) mass is 493 g/mol. The molecule has 37 heavy (non-hydrogen) atoms. The molecule has 2 amide bonds. The lowest BCUT2D eigenvalue weighted by Gasteiger charge is -2.17. The van der Waals surface area contributed by atoms with Crippen LogP contribution in [0.2, 0.25) is 0 Å². The van der Waals surface area contributed by atoms with E-state index >= 15 is 0 Å². The molecule has 1 aliphatic heterocycles. The highest BCUT2D eigenvalue weighted by molar-refractivity contribution is 6.05. The highest BCUT2D eigenvalue weighted by Crippen LogP contribution is 2.39. The lowest BCUT2D eigenvalue weighted by molar-refractivity contribution is -0.124. The smallest absolute Gasteiger partial charge is 0.298 e. The normalized spacial score (nSPS) is 14.9. The van der Waals surface area contributed by atoms with Crippen molar-refractivity contribution in [2.75, 3.05) is 24.1 Å². The van der Waals surface area contributed by atoms with E-state index in [1.807, 2.05) is 38.1 Å². The van der Waals surface area contributed by atoms with Crippen molar-refractivity contribution < 1.29 is 9.59 Å². The van der Waals surface area contributed by atoms with Crippen LogP contribution in [0.25, 0.3) is 22.2 Å². The van der Waals surface area contributed by atoms with Crippen molar-refractivity contribution >= 4 is 34.5 Å². The second-order valence-electron chi connectivity index (χ2n) is 9.11. The number of nitrogens with two attached hydrogens (primary N) is 1. The second-order valence-corrected chi connectivity index (χ2v) is 9.11. The number of benzene rings is 1. The zero-order chi connectivity index (χ0) is 26.1. The average molecular weight is 494 g/mol. The topological polar surface area (TPSA) is 119 Å². The minimum absolute atomic E-state index is 0.0417. The summed E-state index contributed by atoms with van der Waals surface area (Å²) in [7, 11) is 0. The predicted molar refractivity (Wildman–Crippen MR) is 143 cm³/mol. The van der Waals surface area contributed by atoms with Crippen LogP contribution in [-0.2, 0) is 4.79 Å². The molecule has 1 atom stereocenters. The molecule has 9 nitrogen and oxygen atoms in total. The van der Waals surface area contributed by atoms with Crippen LogP contribution in [0.3, 0.4) is 0 Å². The van der Waals surface area contributed by atoms with Gasteiger partial charge in [-0.1, -0.05) is 18.1 Å². The first-order valence-corrected chi connectivity index (χ1v) is 12.0. The summed E-state index contributed by atoms with van der Waals surface area (Å²) in [4.78, 5) is 39.9. The molecule has 3 aromatic heterocycles. The molecule has 0 spiro atoms. The van der Waals surface area contributed by atoms with E-state index in [1.54, 1.807) is 30.2 Å². The van der Waals surface area contributed by atoms with Gasteiger partial charge >= 0.3 is 0 Å². The van der Waals surface area contributed by atoms with E-state index in [2.05, 4.69) is 36.7 Å². The number of hydrogen-bond donors (Lipinski definition) is 2. The summed E-state index contributed by atoms with van der Waals surface area (Å²) in [5.74, 6) is 5.80. The Morgan fingerprint density at radius 2 is 1.89 bits per heavy atom. The summed E-state index contributed by atoms with van der Waals surface area (Å²) in [6, 6.07) is 11.1. The molecular formula is C28H27N7O2. The van der Waals surface area contributed by atoms with Gasteiger partial charge in [0, 0.05) is 36.1 Å². The van der Waals surface area contributed by atoms with E-state index in [1.165, 1.54) is 6.33 Å². The summed E-state index contributed by atoms with van der Waals surface area (Å²) in [5, 5.41) is 3.60. The quantitative estimate of drug-likeness (QED) is 0.418. The van der Waals surface area contributed by atoms with E-state index in [4.69, 9.17) is 5.73 Å². The minimum atomic E-state index is -0.238. The molecule has 1 saturated heterocycles. The fourth-order valence-electron chi connectivity index (χ4n) is 4.98. The van der Waals surface area contributed by atoms with Crippen LogP contribution < -0.4 is 11.1 Å². The lowest BCUT2D eigenvalue weighted by Crippen LogP contribution is -2.27. The molecule has 0 unspecified atom stereocenters. The van der Waals surface area contributed by atoms with Gasteiger partial charge in [-0.15, -0.1) is 0 Å². The molecular weight excluding hydrogens is 466 g/mol. The number of aromatic nitrogens is 4. The summed E-state index contributed by atoms with van der Waals surface area (Å²) in [6.45, 7) is 6.81. The van der Waals surface area contributed by atoms with Crippen LogP contribution in [0.5, 0.6) is 0 Å². The Balaban J connectivity index is 1.49. The maximum Gasteiger partial charge on any atom is 0.298 e. The fraction of sp³-hybridized carbons (Fsp3) is 0.250. The number of fused-ring (bicyclic) bond motifs is 1. The lowest BCUT2D eigenvalue weighted by atomic mass is 10.0. The van der Waals surface area contributed by atoms with E-state index in [0.717, 1.165) is 39.8 Å². The van der Waals surface area contributed by atoms with Gasteiger partial charge in [-0.2, -0.15) is 0 Å². The van der Waals surface area contributed by atoms with Crippen molar-refractivity contribution in [2.24, 2.45) is 0 Å². The van der Waals surface area contributed by atoms with Gasteiger partial charge in [0.1, 0.15) is 23.6 Å². The van der Waals surface area contributed by atoms with Gasteiger partial charge in [0.2, 0.25) is 0 Å². The Morgan fingerprint density at radius 1 is 1.11 bits per heavy atom. The third-order valence-electron chi connectivity index (χ3n) is 6.70. The van der Waals surface area contributed by atoms with Gasteiger partial charge in [0.15, 0.2) is 0 Å². The first kappa shape index (κ1) is 24.0. The number of nitrogen functional groups attached to an aromatic ring is 1. The summed E-state index contributed by atoms with van der Waals surface area (Å²) in [6.07, 6.45) is 3.91. The number of carbonyl (C=O) groups excluding carboxylic acids is 2. The number of nitrogens with zero attached hydrogens (tertiary/aromatic N) is 5. The van der Waals surface area contributed by atoms with E-state index in [9.17, 15) is 9.59 Å². The SMILES string of the molecule is CC#CC(=O)N1CC[C@@H](n2c(C)c(-c3ccc(C(=O)Nc4cc(C)ccn4)cc3)c3c(N)ncnc32)C1. The van der Waals surface area contributed by atoms with Crippen LogP contribution in [0.1, 0.15) is 41.0 Å². The summed E-state index contributed by atoms with van der Waals surface area (Å²) < 4.78 is 2.15. The molecule has 1 fully saturated rings. The molecule has 4 aromatic rings. The van der Waals surface area contributed by atoms with Gasteiger partial charge < -0.3 is 20.5 Å². The first-order valence-electron chi connectivity index (χ1n) is 12.0. The molecule has 9 heteroatoms. The van der Waals surface area contributed by atoms with Crippen LogP contribution >= 0.6 is 0 Å². The molecule has 0 aliphatic carbocycles. The number of amides is 2. The van der Waals surface area contributed by atoms with Crippen molar-refractivity contribution in [3.05, 3.63) is 65.7 Å². The number of aryl methyl sites for hydroxylation is 1. The van der Waals surface area contributed by atoms with Gasteiger partial charge in [-0.25, -0.2) is 15.0 Å². The van der Waals surface area contributed by atoms with Crippen LogP contribution in [0, 0.1) is 25.7 Å². The average Bonchev–Trinajstić information content (AvgIpc) is 3.47. The molecule has 0 saturated carbocycles. The van der Waals surface area contributed by atoms with Crippen molar-refractivity contribution in [3.8, 4) is 23.0 Å². The highest BCUT2D eigenvalue weighted by Gasteiger charge is 2.31. The Kier molecular flexibility index (Phi) is 6.32. The van der Waals surface area contributed by atoms with Gasteiger partial charge in [-0.3, -0.25) is 9.59 Å². The Morgan fingerprint density at radius 3 is 2.62 bits per heavy atom. The molecule has 1 aromatic carbocycles. The largest absolute Gasteiger partial charge is 0.383 e. The highest BCUT2D eigenvalue weighted by atomic mass is 16.2. The Hall–Kier alpha value is -4.71. The zero-order valence-electron chi connectivity index (χ0n) is 20.9. The molecule has 0 bridgehead atoms. The van der Waals surface area contributed by atoms with Crippen molar-refractivity contribution in [1.29, 1.82) is 0 Å². The van der Waals surface area contributed by atoms with Crippen LogP contribution in [0.15, 0.2) is 48.9 Å². The van der Waals surface area contributed by atoms with Gasteiger partial charge in [0.05, 0.1) is 11.4 Å². The fourth-order valence-corrected chi connectivity index (χ4v) is 4.98. The number of hydrogen-bond acceptors (Lipinski definition) is 6. The van der Waals surface area contributed by atoms with Crippen LogP contribution in [-0.4, -0.2) is 49.3 Å². The minimum Gasteiger partial charge on any atom is -0.383 e. The van der Waals surface area contributed by atoms with E-state index in [-0.39, 0.29) is 17.9 Å². The number of anilines is 2. The van der Waals surface area contributed by atoms with Crippen molar-refractivity contribution in [3.63, 3.8) is 0 Å². The molecule has 1 aliphatic rings. The number of pyridine rings is 1. The maximum absolute atomic E-state index is 12.8. The molecule has 5 rings (SSSR count). The zero-order valence-corrected chi connectivity index (χ0v) is 20.9.